The van der Waals surface area contributed by atoms with Crippen LogP contribution in [0.1, 0.15) is 24.7 Å². The molecule has 0 atom stereocenters. The quantitative estimate of drug-likeness (QED) is 0.828. The molecular formula is C12H18N4S. The number of nitrogens with one attached hydrogen (secondary N) is 1. The van der Waals surface area contributed by atoms with E-state index in [4.69, 9.17) is 0 Å². The molecule has 92 valence electrons. The third kappa shape index (κ3) is 2.73. The van der Waals surface area contributed by atoms with Crippen LogP contribution in [0.2, 0.25) is 0 Å². The summed E-state index contributed by atoms with van der Waals surface area (Å²) in [6.45, 7) is 6.12. The van der Waals surface area contributed by atoms with Crippen LogP contribution < -0.4 is 5.32 Å². The summed E-state index contributed by atoms with van der Waals surface area (Å²) in [5.41, 5.74) is 3.41. The van der Waals surface area contributed by atoms with Crippen LogP contribution in [0.15, 0.2) is 11.6 Å². The minimum Gasteiger partial charge on any atom is -0.311 e. The first kappa shape index (κ1) is 12.3. The van der Waals surface area contributed by atoms with E-state index in [1.54, 1.807) is 11.3 Å². The molecule has 0 aliphatic carbocycles. The average Bonchev–Trinajstić information content (AvgIpc) is 2.89. The maximum Gasteiger partial charge on any atom is 0.127 e. The van der Waals surface area contributed by atoms with Crippen LogP contribution in [0.25, 0.3) is 10.6 Å². The number of thiazole rings is 1. The van der Waals surface area contributed by atoms with Crippen molar-refractivity contribution in [1.29, 1.82) is 0 Å². The SMILES string of the molecule is CCCNCc1csc(-c2cnn(C)c2C)n1. The third-order valence-corrected chi connectivity index (χ3v) is 3.67. The topological polar surface area (TPSA) is 42.7 Å². The second kappa shape index (κ2) is 5.42. The highest BCUT2D eigenvalue weighted by Gasteiger charge is 2.10. The maximum atomic E-state index is 4.63. The standard InChI is InChI=1S/C12H18N4S/c1-4-5-13-6-10-8-17-12(15-10)11-7-14-16(3)9(11)2/h7-8,13H,4-6H2,1-3H3. The molecule has 0 saturated carbocycles. The summed E-state index contributed by atoms with van der Waals surface area (Å²) in [5, 5.41) is 10.8. The van der Waals surface area contributed by atoms with Gasteiger partial charge >= 0.3 is 0 Å². The molecule has 0 aromatic carbocycles. The Balaban J connectivity index is 2.10. The Hall–Kier alpha value is -1.20. The summed E-state index contributed by atoms with van der Waals surface area (Å²) in [7, 11) is 1.95. The number of hydrogen-bond donors (Lipinski definition) is 1. The van der Waals surface area contributed by atoms with Gasteiger partial charge in [0, 0.05) is 24.7 Å². The Labute approximate surface area is 106 Å². The molecule has 0 aliphatic heterocycles. The number of aryl methyl sites for hydroxylation is 1. The van der Waals surface area contributed by atoms with Gasteiger partial charge in [0.25, 0.3) is 0 Å². The summed E-state index contributed by atoms with van der Waals surface area (Å²) in [4.78, 5) is 4.63. The first-order valence-electron chi connectivity index (χ1n) is 5.86. The van der Waals surface area contributed by atoms with Crippen molar-refractivity contribution < 1.29 is 0 Å². The van der Waals surface area contributed by atoms with Crippen molar-refractivity contribution in [2.24, 2.45) is 7.05 Å². The Bertz CT molecular complexity index is 486. The fourth-order valence-electron chi connectivity index (χ4n) is 1.61. The van der Waals surface area contributed by atoms with Crippen LogP contribution in [0.3, 0.4) is 0 Å². The highest BCUT2D eigenvalue weighted by molar-refractivity contribution is 7.13. The zero-order valence-electron chi connectivity index (χ0n) is 10.5. The zero-order valence-corrected chi connectivity index (χ0v) is 11.3. The molecule has 0 amide bonds. The molecule has 17 heavy (non-hydrogen) atoms. The van der Waals surface area contributed by atoms with E-state index in [0.717, 1.165) is 41.5 Å². The van der Waals surface area contributed by atoms with Crippen molar-refractivity contribution in [2.45, 2.75) is 26.8 Å². The van der Waals surface area contributed by atoms with Crippen LogP contribution >= 0.6 is 11.3 Å². The van der Waals surface area contributed by atoms with E-state index in [2.05, 4.69) is 34.6 Å². The summed E-state index contributed by atoms with van der Waals surface area (Å²) >= 11 is 1.68. The minimum absolute atomic E-state index is 0.851. The predicted molar refractivity (Wildman–Crippen MR) is 71.1 cm³/mol. The summed E-state index contributed by atoms with van der Waals surface area (Å²) in [5.74, 6) is 0. The van der Waals surface area contributed by atoms with Gasteiger partial charge in [-0.05, 0) is 19.9 Å². The first-order chi connectivity index (χ1) is 8.22. The normalized spacial score (nSPS) is 11.0. The van der Waals surface area contributed by atoms with E-state index in [9.17, 15) is 0 Å². The van der Waals surface area contributed by atoms with Crippen molar-refractivity contribution in [3.63, 3.8) is 0 Å². The van der Waals surface area contributed by atoms with Gasteiger partial charge in [0.15, 0.2) is 0 Å². The van der Waals surface area contributed by atoms with Gasteiger partial charge < -0.3 is 5.32 Å². The molecule has 0 fully saturated rings. The summed E-state index contributed by atoms with van der Waals surface area (Å²) < 4.78 is 1.88. The van der Waals surface area contributed by atoms with Crippen LogP contribution in [-0.4, -0.2) is 21.3 Å². The van der Waals surface area contributed by atoms with E-state index in [-0.39, 0.29) is 0 Å². The van der Waals surface area contributed by atoms with Gasteiger partial charge in [-0.25, -0.2) is 4.98 Å². The molecule has 2 aromatic rings. The Morgan fingerprint density at radius 3 is 2.94 bits per heavy atom. The van der Waals surface area contributed by atoms with E-state index < -0.39 is 0 Å². The molecule has 2 aromatic heterocycles. The molecule has 5 heteroatoms. The van der Waals surface area contributed by atoms with Crippen LogP contribution in [0, 0.1) is 6.92 Å². The van der Waals surface area contributed by atoms with E-state index >= 15 is 0 Å². The molecule has 0 aliphatic rings. The van der Waals surface area contributed by atoms with Crippen molar-refractivity contribution in [3.8, 4) is 10.6 Å². The molecule has 0 spiro atoms. The van der Waals surface area contributed by atoms with Gasteiger partial charge in [0.05, 0.1) is 17.5 Å². The number of hydrogen-bond acceptors (Lipinski definition) is 4. The van der Waals surface area contributed by atoms with Crippen LogP contribution in [0.4, 0.5) is 0 Å². The molecule has 2 rings (SSSR count). The molecule has 2 heterocycles. The lowest BCUT2D eigenvalue weighted by atomic mass is 10.3. The fraction of sp³-hybridized carbons (Fsp3) is 0.500. The van der Waals surface area contributed by atoms with Crippen molar-refractivity contribution in [1.82, 2.24) is 20.1 Å². The monoisotopic (exact) mass is 250 g/mol. The largest absolute Gasteiger partial charge is 0.311 e. The first-order valence-corrected chi connectivity index (χ1v) is 6.74. The lowest BCUT2D eigenvalue weighted by Crippen LogP contribution is -2.13. The highest BCUT2D eigenvalue weighted by atomic mass is 32.1. The molecule has 4 nitrogen and oxygen atoms in total. The summed E-state index contributed by atoms with van der Waals surface area (Å²) in [6.07, 6.45) is 3.04. The Kier molecular flexibility index (Phi) is 3.91. The van der Waals surface area contributed by atoms with E-state index in [1.807, 2.05) is 17.9 Å². The fourth-order valence-corrected chi connectivity index (χ4v) is 2.49. The van der Waals surface area contributed by atoms with Crippen molar-refractivity contribution in [3.05, 3.63) is 23.0 Å². The smallest absolute Gasteiger partial charge is 0.127 e. The van der Waals surface area contributed by atoms with Crippen molar-refractivity contribution in [2.75, 3.05) is 6.54 Å². The molecule has 1 N–H and O–H groups in total. The second-order valence-corrected chi connectivity index (χ2v) is 4.95. The maximum absolute atomic E-state index is 4.63. The molecule has 0 bridgehead atoms. The van der Waals surface area contributed by atoms with Gasteiger partial charge in [-0.3, -0.25) is 4.68 Å². The van der Waals surface area contributed by atoms with Gasteiger partial charge in [0.2, 0.25) is 0 Å². The molecule has 0 radical (unpaired) electrons. The van der Waals surface area contributed by atoms with Gasteiger partial charge in [-0.15, -0.1) is 11.3 Å². The predicted octanol–water partition coefficient (Wildman–Crippen LogP) is 2.35. The average molecular weight is 250 g/mol. The number of nitrogens with zero attached hydrogens (tertiary/aromatic N) is 3. The lowest BCUT2D eigenvalue weighted by Gasteiger charge is -1.98. The number of aromatic nitrogens is 3. The zero-order chi connectivity index (χ0) is 12.3. The lowest BCUT2D eigenvalue weighted by molar-refractivity contribution is 0.667. The van der Waals surface area contributed by atoms with Gasteiger partial charge in [0.1, 0.15) is 5.01 Å². The minimum atomic E-state index is 0.851. The Morgan fingerprint density at radius 2 is 2.29 bits per heavy atom. The molecule has 0 unspecified atom stereocenters. The van der Waals surface area contributed by atoms with Gasteiger partial charge in [-0.1, -0.05) is 6.92 Å². The van der Waals surface area contributed by atoms with Crippen LogP contribution in [0.5, 0.6) is 0 Å². The second-order valence-electron chi connectivity index (χ2n) is 4.09. The van der Waals surface area contributed by atoms with E-state index in [0.29, 0.717) is 0 Å². The highest BCUT2D eigenvalue weighted by Crippen LogP contribution is 2.26. The Morgan fingerprint density at radius 1 is 1.47 bits per heavy atom. The summed E-state index contributed by atoms with van der Waals surface area (Å²) in [6, 6.07) is 0. The molecular weight excluding hydrogens is 232 g/mol. The van der Waals surface area contributed by atoms with Crippen molar-refractivity contribution >= 4 is 11.3 Å². The number of rotatable bonds is 5. The molecule has 0 saturated heterocycles. The van der Waals surface area contributed by atoms with E-state index in [1.165, 1.54) is 0 Å². The van der Waals surface area contributed by atoms with Gasteiger partial charge in [-0.2, -0.15) is 5.10 Å². The van der Waals surface area contributed by atoms with Crippen LogP contribution in [-0.2, 0) is 13.6 Å². The third-order valence-electron chi connectivity index (χ3n) is 2.75.